The third-order valence-corrected chi connectivity index (χ3v) is 11.6. The maximum atomic E-state index is 15.4. The van der Waals surface area contributed by atoms with Crippen molar-refractivity contribution >= 4 is 58.2 Å². The summed E-state index contributed by atoms with van der Waals surface area (Å²) in [6, 6.07) is 27.9. The van der Waals surface area contributed by atoms with Crippen molar-refractivity contribution < 1.29 is 24.3 Å². The van der Waals surface area contributed by atoms with Crippen molar-refractivity contribution in [1.29, 1.82) is 0 Å². The van der Waals surface area contributed by atoms with E-state index < -0.39 is 46.8 Å². The van der Waals surface area contributed by atoms with Crippen LogP contribution in [0.15, 0.2) is 121 Å². The predicted molar refractivity (Wildman–Crippen MR) is 192 cm³/mol. The van der Waals surface area contributed by atoms with Crippen molar-refractivity contribution in [2.75, 3.05) is 9.80 Å². The number of benzene rings is 4. The minimum atomic E-state index is -1.48. The summed E-state index contributed by atoms with van der Waals surface area (Å²) < 4.78 is 0. The molecule has 8 rings (SSSR count). The van der Waals surface area contributed by atoms with E-state index in [2.05, 4.69) is 6.58 Å². The van der Waals surface area contributed by atoms with Crippen molar-refractivity contribution in [1.82, 2.24) is 0 Å². The van der Waals surface area contributed by atoms with E-state index in [1.54, 1.807) is 60.7 Å². The number of hydrogen-bond acceptors (Lipinski definition) is 5. The van der Waals surface area contributed by atoms with Gasteiger partial charge in [0.25, 0.3) is 0 Å². The first-order valence-electron chi connectivity index (χ1n) is 16.6. The van der Waals surface area contributed by atoms with Gasteiger partial charge in [0, 0.05) is 21.5 Å². The molecule has 0 spiro atoms. The first kappa shape index (κ1) is 32.2. The Balaban J connectivity index is 1.37. The zero-order valence-corrected chi connectivity index (χ0v) is 28.3. The maximum absolute atomic E-state index is 15.4. The smallest absolute Gasteiger partial charge is 0.246 e. The van der Waals surface area contributed by atoms with E-state index in [1.165, 1.54) is 9.80 Å². The molecule has 2 aliphatic heterocycles. The molecular weight excluding hydrogens is 671 g/mol. The number of phenols is 1. The number of phenolic OH excluding ortho intramolecular Hbond substituents is 1. The summed E-state index contributed by atoms with van der Waals surface area (Å²) in [7, 11) is 0. The molecule has 1 N–H and O–H groups in total. The van der Waals surface area contributed by atoms with Crippen molar-refractivity contribution in [3.63, 3.8) is 0 Å². The Hall–Kier alpha value is -4.98. The van der Waals surface area contributed by atoms with Crippen LogP contribution >= 0.6 is 23.2 Å². The van der Waals surface area contributed by atoms with Gasteiger partial charge >= 0.3 is 0 Å². The molecule has 2 saturated heterocycles. The average Bonchev–Trinajstić information content (AvgIpc) is 3.51. The van der Waals surface area contributed by atoms with E-state index in [4.69, 9.17) is 23.2 Å². The first-order chi connectivity index (χ1) is 24.2. The molecule has 2 heterocycles. The second-order valence-corrected chi connectivity index (χ2v) is 14.3. The van der Waals surface area contributed by atoms with E-state index in [1.807, 2.05) is 48.5 Å². The summed E-state index contributed by atoms with van der Waals surface area (Å²) in [6.45, 7) is 3.86. The Kier molecular flexibility index (Phi) is 7.81. The molecule has 0 aromatic heterocycles. The molecule has 4 aromatic carbocycles. The fourth-order valence-electron chi connectivity index (χ4n) is 9.10. The quantitative estimate of drug-likeness (QED) is 0.164. The minimum Gasteiger partial charge on any atom is -0.507 e. The van der Waals surface area contributed by atoms with Gasteiger partial charge in [0.05, 0.1) is 34.5 Å². The van der Waals surface area contributed by atoms with Gasteiger partial charge in [-0.2, -0.15) is 0 Å². The molecular formula is C41H32Cl2N2O5. The second kappa shape index (κ2) is 12.1. The number of imide groups is 2. The van der Waals surface area contributed by atoms with Gasteiger partial charge in [-0.05, 0) is 78.8 Å². The number of carbonyl (C=O) groups excluding carboxylic acids is 4. The van der Waals surface area contributed by atoms with Crippen LogP contribution in [0.1, 0.15) is 35.4 Å². The molecule has 2 aliphatic carbocycles. The van der Waals surface area contributed by atoms with E-state index >= 15 is 4.79 Å². The number of amides is 4. The lowest BCUT2D eigenvalue weighted by Gasteiger charge is -2.50. The molecule has 7 nitrogen and oxygen atoms in total. The summed E-state index contributed by atoms with van der Waals surface area (Å²) in [5.41, 5.74) is 1.79. The van der Waals surface area contributed by atoms with Crippen LogP contribution < -0.4 is 9.80 Å². The molecule has 6 atom stereocenters. The van der Waals surface area contributed by atoms with Crippen LogP contribution in [0.5, 0.6) is 5.75 Å². The molecule has 1 saturated carbocycles. The molecule has 3 fully saturated rings. The van der Waals surface area contributed by atoms with Crippen LogP contribution in [-0.4, -0.2) is 28.7 Å². The third kappa shape index (κ3) is 4.56. The van der Waals surface area contributed by atoms with Crippen LogP contribution in [0.3, 0.4) is 0 Å². The maximum Gasteiger partial charge on any atom is 0.246 e. The summed E-state index contributed by atoms with van der Waals surface area (Å²) in [5, 5.41) is 12.8. The molecule has 50 heavy (non-hydrogen) atoms. The number of anilines is 2. The first-order valence-corrected chi connectivity index (χ1v) is 17.4. The van der Waals surface area contributed by atoms with Gasteiger partial charge in [-0.1, -0.05) is 95.5 Å². The largest absolute Gasteiger partial charge is 0.507 e. The predicted octanol–water partition coefficient (Wildman–Crippen LogP) is 7.79. The van der Waals surface area contributed by atoms with Crippen molar-refractivity contribution in [2.45, 2.75) is 30.6 Å². The van der Waals surface area contributed by atoms with Gasteiger partial charge in [-0.25, -0.2) is 4.90 Å². The zero-order valence-electron chi connectivity index (χ0n) is 26.8. The number of rotatable bonds is 6. The standard InChI is InChI=1S/C41H32Cl2N2O5/c1-2-8-23-9-6-14-31(36(23)46)35-29-19-20-30-34(39(49)44(37(30)47)27-17-15-25(42)16-18-27)32(29)22-33-38(48)45(28-13-7-12-26(43)21-28)40(50)41(33,35)24-10-4-3-5-11-24/h2-7,9-19,21,30,32-35,46H,1,8,20,22H2. The lowest BCUT2D eigenvalue weighted by atomic mass is 9.49. The number of allylic oxidation sites excluding steroid dienone is 3. The van der Waals surface area contributed by atoms with E-state index in [9.17, 15) is 19.5 Å². The van der Waals surface area contributed by atoms with Gasteiger partial charge in [-0.3, -0.25) is 24.1 Å². The molecule has 4 aromatic rings. The number of nitrogens with zero attached hydrogens (tertiary/aromatic N) is 2. The monoisotopic (exact) mass is 702 g/mol. The Morgan fingerprint density at radius 3 is 2.24 bits per heavy atom. The fraction of sp³-hybridized carbons (Fsp3) is 0.220. The van der Waals surface area contributed by atoms with Crippen molar-refractivity contribution in [2.24, 2.45) is 23.7 Å². The van der Waals surface area contributed by atoms with Gasteiger partial charge in [-0.15, -0.1) is 6.58 Å². The van der Waals surface area contributed by atoms with Gasteiger partial charge in [0.2, 0.25) is 23.6 Å². The normalized spacial score (nSPS) is 27.2. The van der Waals surface area contributed by atoms with Crippen LogP contribution in [0.2, 0.25) is 10.0 Å². The molecule has 0 bridgehead atoms. The molecule has 6 unspecified atom stereocenters. The summed E-state index contributed by atoms with van der Waals surface area (Å²) in [4.78, 5) is 61.2. The van der Waals surface area contributed by atoms with Gasteiger partial charge in [0.15, 0.2) is 0 Å². The summed E-state index contributed by atoms with van der Waals surface area (Å²) in [5.74, 6) is -5.25. The number of aromatic hydroxyl groups is 1. The topological polar surface area (TPSA) is 95.0 Å². The highest BCUT2D eigenvalue weighted by Crippen LogP contribution is 2.65. The van der Waals surface area contributed by atoms with Crippen LogP contribution in [0, 0.1) is 23.7 Å². The van der Waals surface area contributed by atoms with Gasteiger partial charge in [0.1, 0.15) is 5.75 Å². The van der Waals surface area contributed by atoms with E-state index in [0.717, 1.165) is 5.57 Å². The Bertz CT molecular complexity index is 2130. The van der Waals surface area contributed by atoms with E-state index in [-0.39, 0.29) is 30.4 Å². The zero-order chi connectivity index (χ0) is 34.9. The Labute approximate surface area is 299 Å². The number of hydrogen-bond donors (Lipinski definition) is 1. The van der Waals surface area contributed by atoms with Crippen LogP contribution in [0.25, 0.3) is 0 Å². The minimum absolute atomic E-state index is 0.00759. The number of para-hydroxylation sites is 1. The molecule has 4 aliphatic rings. The molecule has 0 radical (unpaired) electrons. The number of halogens is 2. The molecule has 250 valence electrons. The Morgan fingerprint density at radius 2 is 1.52 bits per heavy atom. The molecule has 9 heteroatoms. The lowest BCUT2D eigenvalue weighted by Crippen LogP contribution is -2.53. The SMILES string of the molecule is C=CCc1cccc(C2C3=CCC4C(=O)N(c5ccc(Cl)cc5)C(=O)C4C3CC3C(=O)N(c4cccc(Cl)c4)C(=O)C32c2ccccc2)c1O. The van der Waals surface area contributed by atoms with Crippen molar-refractivity contribution in [3.05, 3.63) is 148 Å². The highest BCUT2D eigenvalue weighted by Gasteiger charge is 2.70. The average molecular weight is 704 g/mol. The fourth-order valence-corrected chi connectivity index (χ4v) is 9.41. The second-order valence-electron chi connectivity index (χ2n) is 13.4. The number of fused-ring (bicyclic) bond motifs is 4. The lowest BCUT2D eigenvalue weighted by molar-refractivity contribution is -0.127. The summed E-state index contributed by atoms with van der Waals surface area (Å²) >= 11 is 12.5. The summed E-state index contributed by atoms with van der Waals surface area (Å²) in [6.07, 6.45) is 4.48. The van der Waals surface area contributed by atoms with Crippen molar-refractivity contribution in [3.8, 4) is 5.75 Å². The Morgan fingerprint density at radius 1 is 0.780 bits per heavy atom. The molecule has 4 amide bonds. The highest BCUT2D eigenvalue weighted by atomic mass is 35.5. The van der Waals surface area contributed by atoms with Crippen LogP contribution in [0.4, 0.5) is 11.4 Å². The van der Waals surface area contributed by atoms with Gasteiger partial charge < -0.3 is 5.11 Å². The number of carbonyl (C=O) groups is 4. The van der Waals surface area contributed by atoms with Crippen LogP contribution in [-0.2, 0) is 31.0 Å². The van der Waals surface area contributed by atoms with E-state index in [0.29, 0.717) is 44.5 Å². The highest BCUT2D eigenvalue weighted by molar-refractivity contribution is 6.32. The third-order valence-electron chi connectivity index (χ3n) is 11.1.